The summed E-state index contributed by atoms with van der Waals surface area (Å²) in [6.07, 6.45) is 2.21. The van der Waals surface area contributed by atoms with E-state index >= 15 is 0 Å². The van der Waals surface area contributed by atoms with Crippen molar-refractivity contribution >= 4 is 12.6 Å². The molecule has 4 rings (SSSR count). The molecule has 2 fully saturated rings. The largest absolute Gasteiger partial charge is 0.497 e. The van der Waals surface area contributed by atoms with Crippen LogP contribution in [0.4, 0.5) is 4.39 Å². The fraction of sp³-hybridized carbons (Fsp3) is 0.455. The van der Waals surface area contributed by atoms with Crippen molar-refractivity contribution in [3.8, 4) is 5.75 Å². The van der Waals surface area contributed by atoms with Crippen molar-refractivity contribution < 1.29 is 18.4 Å². The smallest absolute Gasteiger partial charge is 0.489 e. The van der Waals surface area contributed by atoms with E-state index in [0.29, 0.717) is 23.7 Å². The Morgan fingerprint density at radius 1 is 1.04 bits per heavy atom. The summed E-state index contributed by atoms with van der Waals surface area (Å²) < 4.78 is 33.0. The molecule has 2 aromatic carbocycles. The third-order valence-corrected chi connectivity index (χ3v) is 5.89. The Labute approximate surface area is 161 Å². The second-order valence-corrected chi connectivity index (χ2v) is 8.55. The number of rotatable bonds is 5. The van der Waals surface area contributed by atoms with Crippen LogP contribution in [0.2, 0.25) is 0 Å². The minimum atomic E-state index is -0.698. The van der Waals surface area contributed by atoms with Gasteiger partial charge in [-0.3, -0.25) is 0 Å². The SMILES string of the molecule is CC1(C)OB(c2cc(C3CC3)c(OCc3ccccc3)cc2F)OC1(C)C. The predicted octanol–water partition coefficient (Wildman–Crippen LogP) is 4.58. The number of ether oxygens (including phenoxy) is 1. The van der Waals surface area contributed by atoms with Crippen LogP contribution < -0.4 is 10.2 Å². The lowest BCUT2D eigenvalue weighted by Gasteiger charge is -2.32. The second kappa shape index (κ2) is 6.64. The van der Waals surface area contributed by atoms with Crippen LogP contribution in [0.25, 0.3) is 0 Å². The molecule has 1 aliphatic carbocycles. The summed E-state index contributed by atoms with van der Waals surface area (Å²) in [7, 11) is -0.698. The van der Waals surface area contributed by atoms with Crippen LogP contribution in [0.3, 0.4) is 0 Å². The van der Waals surface area contributed by atoms with Crippen LogP contribution in [-0.4, -0.2) is 18.3 Å². The average molecular weight is 368 g/mol. The summed E-state index contributed by atoms with van der Waals surface area (Å²) in [4.78, 5) is 0. The van der Waals surface area contributed by atoms with E-state index in [2.05, 4.69) is 0 Å². The molecular formula is C22H26BFO3. The Morgan fingerprint density at radius 2 is 1.67 bits per heavy atom. The fourth-order valence-corrected chi connectivity index (χ4v) is 3.31. The highest BCUT2D eigenvalue weighted by molar-refractivity contribution is 6.62. The van der Waals surface area contributed by atoms with E-state index in [1.807, 2.05) is 64.1 Å². The number of hydrogen-bond acceptors (Lipinski definition) is 3. The third-order valence-electron chi connectivity index (χ3n) is 5.89. The van der Waals surface area contributed by atoms with Gasteiger partial charge in [-0.1, -0.05) is 36.4 Å². The molecule has 2 aliphatic rings. The van der Waals surface area contributed by atoms with E-state index in [1.165, 1.54) is 6.07 Å². The molecule has 2 aromatic rings. The molecular weight excluding hydrogens is 342 g/mol. The molecule has 142 valence electrons. The maximum atomic E-state index is 15.0. The van der Waals surface area contributed by atoms with E-state index in [9.17, 15) is 4.39 Å². The minimum absolute atomic E-state index is 0.346. The van der Waals surface area contributed by atoms with Gasteiger partial charge in [0.2, 0.25) is 0 Å². The summed E-state index contributed by atoms with van der Waals surface area (Å²) in [5.74, 6) is 0.706. The molecule has 1 saturated carbocycles. The zero-order valence-electron chi connectivity index (χ0n) is 16.4. The molecule has 0 spiro atoms. The zero-order chi connectivity index (χ0) is 19.2. The van der Waals surface area contributed by atoms with Crippen molar-refractivity contribution in [1.29, 1.82) is 0 Å². The summed E-state index contributed by atoms with van der Waals surface area (Å²) in [6, 6.07) is 13.3. The summed E-state index contributed by atoms with van der Waals surface area (Å²) in [6.45, 7) is 8.33. The van der Waals surface area contributed by atoms with Gasteiger partial charge in [-0.25, -0.2) is 4.39 Å². The van der Waals surface area contributed by atoms with Crippen LogP contribution in [0.1, 0.15) is 57.6 Å². The number of halogens is 1. The molecule has 0 N–H and O–H groups in total. The molecule has 0 unspecified atom stereocenters. The quantitative estimate of drug-likeness (QED) is 0.723. The Balaban J connectivity index is 1.61. The Bertz CT molecular complexity index is 815. The van der Waals surface area contributed by atoms with Gasteiger partial charge in [0.05, 0.1) is 11.2 Å². The zero-order valence-corrected chi connectivity index (χ0v) is 16.4. The number of benzene rings is 2. The van der Waals surface area contributed by atoms with Crippen LogP contribution in [0.5, 0.6) is 5.75 Å². The van der Waals surface area contributed by atoms with Gasteiger partial charge >= 0.3 is 7.12 Å². The van der Waals surface area contributed by atoms with Gasteiger partial charge in [0.15, 0.2) is 0 Å². The maximum Gasteiger partial charge on any atom is 0.497 e. The van der Waals surface area contributed by atoms with Gasteiger partial charge in [-0.2, -0.15) is 0 Å². The maximum absolute atomic E-state index is 15.0. The molecule has 0 amide bonds. The molecule has 0 atom stereocenters. The van der Waals surface area contributed by atoms with E-state index in [0.717, 1.165) is 24.0 Å². The van der Waals surface area contributed by atoms with Crippen molar-refractivity contribution in [2.75, 3.05) is 0 Å². The first-order chi connectivity index (χ1) is 12.8. The Morgan fingerprint density at radius 3 is 2.26 bits per heavy atom. The number of hydrogen-bond donors (Lipinski definition) is 0. The highest BCUT2D eigenvalue weighted by atomic mass is 19.1. The second-order valence-electron chi connectivity index (χ2n) is 8.55. The molecule has 3 nitrogen and oxygen atoms in total. The third kappa shape index (κ3) is 3.63. The summed E-state index contributed by atoms with van der Waals surface area (Å²) in [5, 5.41) is 0. The van der Waals surface area contributed by atoms with Gasteiger partial charge < -0.3 is 14.0 Å². The van der Waals surface area contributed by atoms with Gasteiger partial charge in [0.1, 0.15) is 18.2 Å². The standard InChI is InChI=1S/C22H26BFO3/c1-21(2)22(3,4)27-23(26-21)18-12-17(16-10-11-16)20(13-19(18)24)25-14-15-8-6-5-7-9-15/h5-9,12-13,16H,10-11,14H2,1-4H3. The van der Waals surface area contributed by atoms with E-state index in [1.54, 1.807) is 0 Å². The lowest BCUT2D eigenvalue weighted by Crippen LogP contribution is -2.41. The van der Waals surface area contributed by atoms with Crippen molar-refractivity contribution in [2.24, 2.45) is 0 Å². The van der Waals surface area contributed by atoms with Crippen LogP contribution in [0.15, 0.2) is 42.5 Å². The molecule has 5 heteroatoms. The van der Waals surface area contributed by atoms with Crippen molar-refractivity contribution in [3.05, 3.63) is 59.4 Å². The van der Waals surface area contributed by atoms with Gasteiger partial charge in [0, 0.05) is 11.5 Å². The average Bonchev–Trinajstić information content (AvgIpc) is 3.41. The first-order valence-electron chi connectivity index (χ1n) is 9.62. The molecule has 1 aliphatic heterocycles. The van der Waals surface area contributed by atoms with Crippen molar-refractivity contribution in [2.45, 2.75) is 64.3 Å². The molecule has 0 radical (unpaired) electrons. The molecule has 27 heavy (non-hydrogen) atoms. The van der Waals surface area contributed by atoms with Gasteiger partial charge in [-0.15, -0.1) is 0 Å². The van der Waals surface area contributed by atoms with E-state index in [-0.39, 0.29) is 5.82 Å². The van der Waals surface area contributed by atoms with Crippen molar-refractivity contribution in [1.82, 2.24) is 0 Å². The Hall–Kier alpha value is -1.85. The first kappa shape index (κ1) is 18.5. The molecule has 1 saturated heterocycles. The van der Waals surface area contributed by atoms with Crippen LogP contribution in [0, 0.1) is 5.82 Å². The lowest BCUT2D eigenvalue weighted by atomic mass is 9.77. The topological polar surface area (TPSA) is 27.7 Å². The summed E-state index contributed by atoms with van der Waals surface area (Å²) >= 11 is 0. The first-order valence-corrected chi connectivity index (χ1v) is 9.62. The van der Waals surface area contributed by atoms with Gasteiger partial charge in [-0.05, 0) is 57.6 Å². The van der Waals surface area contributed by atoms with Crippen LogP contribution in [-0.2, 0) is 15.9 Å². The van der Waals surface area contributed by atoms with E-state index in [4.69, 9.17) is 14.0 Å². The van der Waals surface area contributed by atoms with E-state index < -0.39 is 18.3 Å². The molecule has 0 bridgehead atoms. The van der Waals surface area contributed by atoms with Crippen LogP contribution >= 0.6 is 0 Å². The fourth-order valence-electron chi connectivity index (χ4n) is 3.31. The highest BCUT2D eigenvalue weighted by Crippen LogP contribution is 2.45. The van der Waals surface area contributed by atoms with Crippen molar-refractivity contribution in [3.63, 3.8) is 0 Å². The minimum Gasteiger partial charge on any atom is -0.489 e. The normalized spacial score (nSPS) is 20.7. The molecule has 0 aromatic heterocycles. The highest BCUT2D eigenvalue weighted by Gasteiger charge is 2.52. The monoisotopic (exact) mass is 368 g/mol. The summed E-state index contributed by atoms with van der Waals surface area (Å²) in [5.41, 5.74) is 1.59. The predicted molar refractivity (Wildman–Crippen MR) is 105 cm³/mol. The Kier molecular flexibility index (Phi) is 4.56. The van der Waals surface area contributed by atoms with Gasteiger partial charge in [0.25, 0.3) is 0 Å². The molecule has 1 heterocycles. The lowest BCUT2D eigenvalue weighted by molar-refractivity contribution is 0.00578.